The van der Waals surface area contributed by atoms with Crippen LogP contribution in [-0.2, 0) is 0 Å². The van der Waals surface area contributed by atoms with Gasteiger partial charge in [0.2, 0.25) is 0 Å². The molecule has 1 saturated heterocycles. The van der Waals surface area contributed by atoms with Crippen molar-refractivity contribution in [2.75, 3.05) is 12.3 Å². The Bertz CT molecular complexity index is 337. The third-order valence-electron chi connectivity index (χ3n) is 2.03. The Morgan fingerprint density at radius 1 is 1.54 bits per heavy atom. The number of thioether (sulfide) groups is 1. The normalized spacial score (nSPS) is 21.3. The average molecular weight is 190 g/mol. The summed E-state index contributed by atoms with van der Waals surface area (Å²) in [6.45, 7) is 1.06. The highest BCUT2D eigenvalue weighted by Gasteiger charge is 2.16. The average Bonchev–Trinajstić information content (AvgIpc) is 2.71. The summed E-state index contributed by atoms with van der Waals surface area (Å²) in [7, 11) is 0. The first-order valence-corrected chi connectivity index (χ1v) is 5.30. The van der Waals surface area contributed by atoms with Gasteiger partial charge in [-0.1, -0.05) is 12.1 Å². The molecule has 2 nitrogen and oxygen atoms in total. The molecule has 1 heterocycles. The molecule has 1 aliphatic rings. The van der Waals surface area contributed by atoms with E-state index >= 15 is 0 Å². The molecular weight excluding hydrogens is 180 g/mol. The second-order valence-electron chi connectivity index (χ2n) is 2.94. The molecule has 66 valence electrons. The predicted octanol–water partition coefficient (Wildman–Crippen LogP) is 1.89. The molecule has 1 aromatic rings. The van der Waals surface area contributed by atoms with E-state index in [0.29, 0.717) is 5.37 Å². The predicted molar refractivity (Wildman–Crippen MR) is 54.4 cm³/mol. The van der Waals surface area contributed by atoms with Crippen LogP contribution in [0.1, 0.15) is 16.5 Å². The van der Waals surface area contributed by atoms with Gasteiger partial charge >= 0.3 is 0 Å². The summed E-state index contributed by atoms with van der Waals surface area (Å²) in [5.41, 5.74) is 1.95. The first kappa shape index (κ1) is 8.61. The SMILES string of the molecule is N#Cc1cccc([C@H]2NCCS2)c1. The van der Waals surface area contributed by atoms with Gasteiger partial charge < -0.3 is 5.32 Å². The summed E-state index contributed by atoms with van der Waals surface area (Å²) < 4.78 is 0. The zero-order valence-corrected chi connectivity index (χ0v) is 7.97. The van der Waals surface area contributed by atoms with Crippen LogP contribution in [0.15, 0.2) is 24.3 Å². The van der Waals surface area contributed by atoms with Crippen LogP contribution in [0.2, 0.25) is 0 Å². The molecule has 1 N–H and O–H groups in total. The van der Waals surface area contributed by atoms with Crippen molar-refractivity contribution in [3.63, 3.8) is 0 Å². The van der Waals surface area contributed by atoms with Crippen LogP contribution in [0.4, 0.5) is 0 Å². The lowest BCUT2D eigenvalue weighted by Gasteiger charge is -2.09. The number of nitrogens with one attached hydrogen (secondary N) is 1. The molecule has 0 aromatic heterocycles. The fourth-order valence-corrected chi connectivity index (χ4v) is 2.46. The van der Waals surface area contributed by atoms with Crippen LogP contribution in [0.25, 0.3) is 0 Å². The zero-order chi connectivity index (χ0) is 9.10. The fourth-order valence-electron chi connectivity index (χ4n) is 1.41. The first-order valence-electron chi connectivity index (χ1n) is 4.25. The lowest BCUT2D eigenvalue weighted by Crippen LogP contribution is -2.11. The van der Waals surface area contributed by atoms with Gasteiger partial charge in [-0.05, 0) is 17.7 Å². The monoisotopic (exact) mass is 190 g/mol. The Labute approximate surface area is 82.0 Å². The van der Waals surface area contributed by atoms with Crippen LogP contribution in [0, 0.1) is 11.3 Å². The standard InChI is InChI=1S/C10H10N2S/c11-7-8-2-1-3-9(6-8)10-12-4-5-13-10/h1-3,6,10,12H,4-5H2/t10-/m0/s1. The highest BCUT2D eigenvalue weighted by Crippen LogP contribution is 2.29. The molecule has 0 radical (unpaired) electrons. The molecule has 0 unspecified atom stereocenters. The molecule has 2 rings (SSSR count). The third-order valence-corrected chi connectivity index (χ3v) is 3.25. The van der Waals surface area contributed by atoms with Gasteiger partial charge in [-0.25, -0.2) is 0 Å². The topological polar surface area (TPSA) is 35.8 Å². The molecular formula is C10H10N2S. The number of nitriles is 1. The smallest absolute Gasteiger partial charge is 0.0991 e. The van der Waals surface area contributed by atoms with Gasteiger partial charge in [0.1, 0.15) is 0 Å². The summed E-state index contributed by atoms with van der Waals surface area (Å²) in [5.74, 6) is 1.15. The molecule has 3 heteroatoms. The molecule has 0 aliphatic carbocycles. The van der Waals surface area contributed by atoms with E-state index in [1.807, 2.05) is 30.0 Å². The van der Waals surface area contributed by atoms with Gasteiger partial charge in [-0.2, -0.15) is 5.26 Å². The lowest BCUT2D eigenvalue weighted by molar-refractivity contribution is 0.751. The molecule has 1 aliphatic heterocycles. The van der Waals surface area contributed by atoms with Gasteiger partial charge in [-0.15, -0.1) is 11.8 Å². The maximum absolute atomic E-state index is 8.73. The van der Waals surface area contributed by atoms with E-state index in [0.717, 1.165) is 17.9 Å². The highest BCUT2D eigenvalue weighted by molar-refractivity contribution is 7.99. The van der Waals surface area contributed by atoms with Crippen molar-refractivity contribution < 1.29 is 0 Å². The van der Waals surface area contributed by atoms with Crippen molar-refractivity contribution in [2.24, 2.45) is 0 Å². The Hall–Kier alpha value is -0.980. The Balaban J connectivity index is 2.25. The molecule has 1 aromatic carbocycles. The van der Waals surface area contributed by atoms with Gasteiger partial charge in [0.15, 0.2) is 0 Å². The number of rotatable bonds is 1. The van der Waals surface area contributed by atoms with E-state index in [1.165, 1.54) is 5.56 Å². The van der Waals surface area contributed by atoms with Crippen molar-refractivity contribution in [3.05, 3.63) is 35.4 Å². The number of hydrogen-bond acceptors (Lipinski definition) is 3. The maximum Gasteiger partial charge on any atom is 0.0991 e. The Morgan fingerprint density at radius 3 is 3.15 bits per heavy atom. The second-order valence-corrected chi connectivity index (χ2v) is 4.16. The number of hydrogen-bond donors (Lipinski definition) is 1. The van der Waals surface area contributed by atoms with E-state index in [2.05, 4.69) is 17.5 Å². The minimum Gasteiger partial charge on any atom is -0.301 e. The summed E-state index contributed by atoms with van der Waals surface area (Å²) >= 11 is 1.89. The molecule has 0 amide bonds. The second kappa shape index (κ2) is 3.82. The van der Waals surface area contributed by atoms with Crippen molar-refractivity contribution >= 4 is 11.8 Å². The summed E-state index contributed by atoms with van der Waals surface area (Å²) in [4.78, 5) is 0. The quantitative estimate of drug-likeness (QED) is 0.734. The van der Waals surface area contributed by atoms with Gasteiger partial charge in [-0.3, -0.25) is 0 Å². The van der Waals surface area contributed by atoms with Crippen molar-refractivity contribution in [3.8, 4) is 6.07 Å². The lowest BCUT2D eigenvalue weighted by atomic mass is 10.1. The summed E-state index contributed by atoms with van der Waals surface area (Å²) in [6.07, 6.45) is 0. The van der Waals surface area contributed by atoms with Gasteiger partial charge in [0.25, 0.3) is 0 Å². The third kappa shape index (κ3) is 1.85. The molecule has 0 spiro atoms. The van der Waals surface area contributed by atoms with Gasteiger partial charge in [0, 0.05) is 12.3 Å². The first-order chi connectivity index (χ1) is 6.40. The van der Waals surface area contributed by atoms with Crippen molar-refractivity contribution in [1.29, 1.82) is 5.26 Å². The van der Waals surface area contributed by atoms with Gasteiger partial charge in [0.05, 0.1) is 17.0 Å². The summed E-state index contributed by atoms with van der Waals surface area (Å²) in [6, 6.07) is 9.95. The van der Waals surface area contributed by atoms with E-state index in [9.17, 15) is 0 Å². The van der Waals surface area contributed by atoms with Crippen LogP contribution < -0.4 is 5.32 Å². The molecule has 13 heavy (non-hydrogen) atoms. The van der Waals surface area contributed by atoms with Crippen LogP contribution in [-0.4, -0.2) is 12.3 Å². The van der Waals surface area contributed by atoms with E-state index < -0.39 is 0 Å². The number of nitrogens with zero attached hydrogens (tertiary/aromatic N) is 1. The van der Waals surface area contributed by atoms with E-state index in [-0.39, 0.29) is 0 Å². The van der Waals surface area contributed by atoms with Crippen LogP contribution in [0.5, 0.6) is 0 Å². The zero-order valence-electron chi connectivity index (χ0n) is 7.16. The van der Waals surface area contributed by atoms with Crippen molar-refractivity contribution in [2.45, 2.75) is 5.37 Å². The maximum atomic E-state index is 8.73. The molecule has 1 fully saturated rings. The van der Waals surface area contributed by atoms with E-state index in [1.54, 1.807) is 0 Å². The number of benzene rings is 1. The van der Waals surface area contributed by atoms with Crippen LogP contribution in [0.3, 0.4) is 0 Å². The minimum atomic E-state index is 0.383. The summed E-state index contributed by atoms with van der Waals surface area (Å²) in [5, 5.41) is 12.5. The largest absolute Gasteiger partial charge is 0.301 e. The Morgan fingerprint density at radius 2 is 2.46 bits per heavy atom. The van der Waals surface area contributed by atoms with Crippen LogP contribution >= 0.6 is 11.8 Å². The molecule has 1 atom stereocenters. The van der Waals surface area contributed by atoms with Crippen molar-refractivity contribution in [1.82, 2.24) is 5.32 Å². The molecule has 0 saturated carbocycles. The minimum absolute atomic E-state index is 0.383. The highest BCUT2D eigenvalue weighted by atomic mass is 32.2. The Kier molecular flexibility index (Phi) is 2.53. The fraction of sp³-hybridized carbons (Fsp3) is 0.300. The molecule has 0 bridgehead atoms. The van der Waals surface area contributed by atoms with E-state index in [4.69, 9.17) is 5.26 Å².